The third-order valence-corrected chi connectivity index (χ3v) is 1.76. The van der Waals surface area contributed by atoms with Gasteiger partial charge in [-0.2, -0.15) is 0 Å². The number of nitrogens with two attached hydrogens (primary N) is 1. The van der Waals surface area contributed by atoms with Crippen molar-refractivity contribution in [2.45, 2.75) is 6.04 Å². The summed E-state index contributed by atoms with van der Waals surface area (Å²) in [5.41, 5.74) is 5.87. The molecule has 1 aromatic carbocycles. The summed E-state index contributed by atoms with van der Waals surface area (Å²) in [6, 6.07) is 3.22. The van der Waals surface area contributed by atoms with E-state index in [1.54, 1.807) is 0 Å². The molecule has 0 radical (unpaired) electrons. The van der Waals surface area contributed by atoms with Crippen molar-refractivity contribution < 1.29 is 9.18 Å². The summed E-state index contributed by atoms with van der Waals surface area (Å²) in [6.07, 6.45) is 0.573. The first-order valence-corrected chi connectivity index (χ1v) is 3.69. The smallest absolute Gasteiger partial charge is 0.141 e. The Morgan fingerprint density at radius 1 is 1.58 bits per heavy atom. The summed E-state index contributed by atoms with van der Waals surface area (Å²) in [4.78, 5) is 10.2. The molecule has 4 heteroatoms. The lowest BCUT2D eigenvalue weighted by molar-refractivity contribution is -0.109. The maximum absolute atomic E-state index is 12.6. The maximum Gasteiger partial charge on any atom is 0.141 e. The molecule has 0 fully saturated rings. The molecule has 0 aromatic heterocycles. The third kappa shape index (κ3) is 1.81. The van der Waals surface area contributed by atoms with Crippen LogP contribution in [0, 0.1) is 5.82 Å². The van der Waals surface area contributed by atoms with E-state index in [9.17, 15) is 9.18 Å². The normalized spacial score (nSPS) is 12.6. The topological polar surface area (TPSA) is 43.1 Å². The Bertz CT molecular complexity index is 303. The quantitative estimate of drug-likeness (QED) is 0.716. The van der Waals surface area contributed by atoms with Crippen molar-refractivity contribution in [3.05, 3.63) is 34.6 Å². The molecule has 0 bridgehead atoms. The summed E-state index contributed by atoms with van der Waals surface area (Å²) in [5.74, 6) is -0.515. The molecule has 1 aromatic rings. The largest absolute Gasteiger partial charge is 0.318 e. The summed E-state index contributed by atoms with van der Waals surface area (Å²) in [6.45, 7) is 0. The standard InChI is InChI=1S/C8H7ClFNO/c9-6-3-5(8(11)4-12)1-2-7(6)10/h1-4,8H,11H2. The van der Waals surface area contributed by atoms with Crippen molar-refractivity contribution >= 4 is 17.9 Å². The van der Waals surface area contributed by atoms with E-state index in [2.05, 4.69) is 0 Å². The van der Waals surface area contributed by atoms with E-state index in [4.69, 9.17) is 17.3 Å². The van der Waals surface area contributed by atoms with Crippen LogP contribution in [-0.2, 0) is 4.79 Å². The number of rotatable bonds is 2. The van der Waals surface area contributed by atoms with Crippen LogP contribution in [-0.4, -0.2) is 6.29 Å². The molecular weight excluding hydrogens is 181 g/mol. The van der Waals surface area contributed by atoms with Crippen LogP contribution in [0.2, 0.25) is 5.02 Å². The minimum Gasteiger partial charge on any atom is -0.318 e. The highest BCUT2D eigenvalue weighted by molar-refractivity contribution is 6.30. The van der Waals surface area contributed by atoms with Gasteiger partial charge in [0.05, 0.1) is 11.1 Å². The fourth-order valence-electron chi connectivity index (χ4n) is 0.798. The highest BCUT2D eigenvalue weighted by Crippen LogP contribution is 2.18. The Morgan fingerprint density at radius 3 is 2.75 bits per heavy atom. The van der Waals surface area contributed by atoms with Crippen molar-refractivity contribution in [1.29, 1.82) is 0 Å². The molecule has 0 heterocycles. The van der Waals surface area contributed by atoms with Gasteiger partial charge >= 0.3 is 0 Å². The number of hydrogen-bond donors (Lipinski definition) is 1. The highest BCUT2D eigenvalue weighted by Gasteiger charge is 2.06. The van der Waals surface area contributed by atoms with Crippen LogP contribution in [0.25, 0.3) is 0 Å². The predicted octanol–water partition coefficient (Wildman–Crippen LogP) is 1.68. The van der Waals surface area contributed by atoms with Gasteiger partial charge in [-0.05, 0) is 17.7 Å². The SMILES string of the molecule is NC(C=O)c1ccc(F)c(Cl)c1. The summed E-state index contributed by atoms with van der Waals surface area (Å²) in [5, 5.41) is -0.0233. The fraction of sp³-hybridized carbons (Fsp3) is 0.125. The predicted molar refractivity (Wildman–Crippen MR) is 44.4 cm³/mol. The highest BCUT2D eigenvalue weighted by atomic mass is 35.5. The molecule has 1 rings (SSSR count). The monoisotopic (exact) mass is 187 g/mol. The van der Waals surface area contributed by atoms with Crippen molar-refractivity contribution in [2.24, 2.45) is 5.73 Å². The molecule has 0 aliphatic carbocycles. The third-order valence-electron chi connectivity index (χ3n) is 1.48. The average Bonchev–Trinajstić information content (AvgIpc) is 2.08. The first-order valence-electron chi connectivity index (χ1n) is 3.31. The molecule has 0 spiro atoms. The minimum atomic E-state index is -0.733. The maximum atomic E-state index is 12.6. The zero-order chi connectivity index (χ0) is 9.14. The van der Waals surface area contributed by atoms with E-state index in [1.165, 1.54) is 18.2 Å². The number of carbonyl (C=O) groups is 1. The van der Waals surface area contributed by atoms with Gasteiger partial charge in [0.2, 0.25) is 0 Å². The first-order chi connectivity index (χ1) is 5.65. The Hall–Kier alpha value is -0.930. The van der Waals surface area contributed by atoms with E-state index in [0.29, 0.717) is 11.8 Å². The average molecular weight is 188 g/mol. The lowest BCUT2D eigenvalue weighted by atomic mass is 10.1. The van der Waals surface area contributed by atoms with E-state index < -0.39 is 11.9 Å². The van der Waals surface area contributed by atoms with Gasteiger partial charge in [0.25, 0.3) is 0 Å². The van der Waals surface area contributed by atoms with E-state index in [1.807, 2.05) is 0 Å². The number of benzene rings is 1. The molecule has 64 valence electrons. The van der Waals surface area contributed by atoms with Crippen molar-refractivity contribution in [3.8, 4) is 0 Å². The van der Waals surface area contributed by atoms with Crippen LogP contribution >= 0.6 is 11.6 Å². The number of aldehydes is 1. The molecule has 0 saturated carbocycles. The fourth-order valence-corrected chi connectivity index (χ4v) is 0.987. The summed E-state index contributed by atoms with van der Waals surface area (Å²) >= 11 is 5.47. The second kappa shape index (κ2) is 3.65. The van der Waals surface area contributed by atoms with Gasteiger partial charge in [-0.1, -0.05) is 17.7 Å². The summed E-state index contributed by atoms with van der Waals surface area (Å²) < 4.78 is 12.6. The Morgan fingerprint density at radius 2 is 2.25 bits per heavy atom. The van der Waals surface area contributed by atoms with Crippen molar-refractivity contribution in [1.82, 2.24) is 0 Å². The number of halogens is 2. The number of carbonyl (C=O) groups excluding carboxylic acids is 1. The zero-order valence-corrected chi connectivity index (χ0v) is 6.88. The minimum absolute atomic E-state index is 0.0233. The first kappa shape index (κ1) is 9.16. The van der Waals surface area contributed by atoms with Crippen molar-refractivity contribution in [2.75, 3.05) is 0 Å². The molecule has 1 unspecified atom stereocenters. The van der Waals surface area contributed by atoms with E-state index in [-0.39, 0.29) is 5.02 Å². The van der Waals surface area contributed by atoms with Gasteiger partial charge < -0.3 is 10.5 Å². The van der Waals surface area contributed by atoms with Gasteiger partial charge in [-0.25, -0.2) is 4.39 Å². The van der Waals surface area contributed by atoms with Crippen molar-refractivity contribution in [3.63, 3.8) is 0 Å². The molecular formula is C8H7ClFNO. The van der Waals surface area contributed by atoms with Crippen LogP contribution in [0.15, 0.2) is 18.2 Å². The molecule has 0 aliphatic heterocycles. The lowest BCUT2D eigenvalue weighted by Crippen LogP contribution is -2.11. The van der Waals surface area contributed by atoms with Gasteiger partial charge in [0.15, 0.2) is 0 Å². The Balaban J connectivity index is 3.04. The second-order valence-corrected chi connectivity index (χ2v) is 2.74. The molecule has 1 atom stereocenters. The second-order valence-electron chi connectivity index (χ2n) is 2.34. The van der Waals surface area contributed by atoms with Gasteiger partial charge in [-0.3, -0.25) is 0 Å². The van der Waals surface area contributed by atoms with Crippen LogP contribution in [0.3, 0.4) is 0 Å². The van der Waals surface area contributed by atoms with Crippen LogP contribution in [0.4, 0.5) is 4.39 Å². The molecule has 2 nitrogen and oxygen atoms in total. The molecule has 2 N–H and O–H groups in total. The molecule has 0 amide bonds. The summed E-state index contributed by atoms with van der Waals surface area (Å²) in [7, 11) is 0. The lowest BCUT2D eigenvalue weighted by Gasteiger charge is -2.04. The van der Waals surface area contributed by atoms with Crippen LogP contribution < -0.4 is 5.73 Å². The number of hydrogen-bond acceptors (Lipinski definition) is 2. The van der Waals surface area contributed by atoms with Gasteiger partial charge in [-0.15, -0.1) is 0 Å². The molecule has 12 heavy (non-hydrogen) atoms. The molecule has 0 saturated heterocycles. The van der Waals surface area contributed by atoms with Crippen LogP contribution in [0.5, 0.6) is 0 Å². The Kier molecular flexibility index (Phi) is 2.78. The van der Waals surface area contributed by atoms with Gasteiger partial charge in [0, 0.05) is 0 Å². The zero-order valence-electron chi connectivity index (χ0n) is 6.13. The Labute approximate surface area is 74.1 Å². The van der Waals surface area contributed by atoms with E-state index in [0.717, 1.165) is 0 Å². The van der Waals surface area contributed by atoms with Gasteiger partial charge in [0.1, 0.15) is 12.1 Å². The van der Waals surface area contributed by atoms with Crippen LogP contribution in [0.1, 0.15) is 11.6 Å². The molecule has 0 aliphatic rings. The van der Waals surface area contributed by atoms with E-state index >= 15 is 0 Å².